The van der Waals surface area contributed by atoms with Gasteiger partial charge in [0, 0.05) is 23.6 Å². The van der Waals surface area contributed by atoms with E-state index >= 15 is 0 Å². The Labute approximate surface area is 189 Å². The molecule has 0 radical (unpaired) electrons. The Balaban J connectivity index is 2.29. The molecule has 0 aromatic heterocycles. The van der Waals surface area contributed by atoms with Crippen LogP contribution in [0.5, 0.6) is 17.2 Å². The number of hydrogen-bond acceptors (Lipinski definition) is 5. The zero-order chi connectivity index (χ0) is 24.8. The van der Waals surface area contributed by atoms with Crippen molar-refractivity contribution in [3.63, 3.8) is 0 Å². The van der Waals surface area contributed by atoms with Gasteiger partial charge in [-0.2, -0.15) is 13.2 Å². The summed E-state index contributed by atoms with van der Waals surface area (Å²) < 4.78 is 56.0. The van der Waals surface area contributed by atoms with Crippen LogP contribution in [0.4, 0.5) is 18.9 Å². The first-order chi connectivity index (χ1) is 15.5. The highest BCUT2D eigenvalue weighted by Crippen LogP contribution is 2.39. The van der Waals surface area contributed by atoms with E-state index in [1.54, 1.807) is 32.0 Å². The van der Waals surface area contributed by atoms with Crippen molar-refractivity contribution in [1.29, 1.82) is 0 Å². The lowest BCUT2D eigenvalue weighted by Crippen LogP contribution is -2.49. The highest BCUT2D eigenvalue weighted by atomic mass is 19.4. The van der Waals surface area contributed by atoms with Gasteiger partial charge >= 0.3 is 6.18 Å². The third-order valence-corrected chi connectivity index (χ3v) is 4.95. The Bertz CT molecular complexity index is 1030. The van der Waals surface area contributed by atoms with Crippen LogP contribution in [0.25, 0.3) is 4.85 Å². The molecule has 0 saturated carbocycles. The molecule has 0 aliphatic rings. The van der Waals surface area contributed by atoms with E-state index in [4.69, 9.17) is 20.8 Å². The van der Waals surface area contributed by atoms with Gasteiger partial charge in [0.25, 0.3) is 5.91 Å². The van der Waals surface area contributed by atoms with Gasteiger partial charge in [0.05, 0.1) is 33.0 Å². The molecule has 0 saturated heterocycles. The van der Waals surface area contributed by atoms with E-state index in [0.29, 0.717) is 23.1 Å². The number of methoxy groups -OCH3 is 2. The fourth-order valence-corrected chi connectivity index (χ4v) is 2.97. The zero-order valence-corrected chi connectivity index (χ0v) is 18.6. The fourth-order valence-electron chi connectivity index (χ4n) is 2.97. The minimum atomic E-state index is -4.77. The Hall–Kier alpha value is -3.45. The number of alkyl halides is 3. The summed E-state index contributed by atoms with van der Waals surface area (Å²) in [5.74, 6) is 0.138. The summed E-state index contributed by atoms with van der Waals surface area (Å²) in [4.78, 5) is 15.9. The predicted octanol–water partition coefficient (Wildman–Crippen LogP) is 4.36. The van der Waals surface area contributed by atoms with Gasteiger partial charge in [0.2, 0.25) is 0 Å². The molecule has 1 amide bonds. The molecule has 0 aliphatic carbocycles. The van der Waals surface area contributed by atoms with Crippen molar-refractivity contribution >= 4 is 11.6 Å². The molecule has 0 aliphatic heterocycles. The van der Waals surface area contributed by atoms with E-state index in [1.165, 1.54) is 20.3 Å². The normalized spacial score (nSPS) is 12.5. The van der Waals surface area contributed by atoms with Crippen molar-refractivity contribution in [2.24, 2.45) is 5.41 Å². The second-order valence-corrected chi connectivity index (χ2v) is 7.83. The largest absolute Gasteiger partial charge is 0.497 e. The van der Waals surface area contributed by atoms with Crippen LogP contribution in [0, 0.1) is 12.0 Å². The zero-order valence-electron chi connectivity index (χ0n) is 18.6. The van der Waals surface area contributed by atoms with Crippen molar-refractivity contribution < 1.29 is 37.3 Å². The number of aliphatic hydroxyl groups is 1. The molecule has 2 aromatic carbocycles. The maximum Gasteiger partial charge on any atom is 0.407 e. The molecular weight excluding hydrogens is 441 g/mol. The second kappa shape index (κ2) is 10.4. The molecule has 0 heterocycles. The number of benzene rings is 2. The number of halogens is 3. The van der Waals surface area contributed by atoms with Gasteiger partial charge in [-0.15, -0.1) is 0 Å². The van der Waals surface area contributed by atoms with Crippen LogP contribution < -0.4 is 19.5 Å². The quantitative estimate of drug-likeness (QED) is 0.537. The van der Waals surface area contributed by atoms with Crippen LogP contribution in [-0.4, -0.2) is 37.9 Å². The molecule has 2 N–H and O–H groups in total. The summed E-state index contributed by atoms with van der Waals surface area (Å²) >= 11 is 0. The van der Waals surface area contributed by atoms with Gasteiger partial charge in [-0.3, -0.25) is 4.79 Å². The topological polar surface area (TPSA) is 81.4 Å². The molecule has 0 fully saturated rings. The van der Waals surface area contributed by atoms with Crippen molar-refractivity contribution in [3.8, 4) is 17.2 Å². The van der Waals surface area contributed by atoms with Crippen LogP contribution >= 0.6 is 0 Å². The molecule has 2 aromatic rings. The van der Waals surface area contributed by atoms with Gasteiger partial charge < -0.3 is 24.6 Å². The highest BCUT2D eigenvalue weighted by molar-refractivity contribution is 5.82. The summed E-state index contributed by atoms with van der Waals surface area (Å²) in [6.07, 6.45) is -6.10. The average Bonchev–Trinajstić information content (AvgIpc) is 2.79. The number of carbonyl (C=O) groups is 1. The van der Waals surface area contributed by atoms with E-state index < -0.39 is 41.5 Å². The number of amides is 1. The molecule has 1 unspecified atom stereocenters. The number of hydrogen-bond donors (Lipinski definition) is 2. The molecule has 10 heteroatoms. The van der Waals surface area contributed by atoms with E-state index in [1.807, 2.05) is 0 Å². The Morgan fingerprint density at radius 2 is 1.79 bits per heavy atom. The summed E-state index contributed by atoms with van der Waals surface area (Å²) in [7, 11) is 2.97. The Morgan fingerprint density at radius 3 is 2.33 bits per heavy atom. The minimum absolute atomic E-state index is 0.0395. The standard InChI is InChI=1S/C23H25F3N2O5/c1-22(2,13-29)20(33-16-8-9-18(27-3)17(10-16)23(24,25)26)21(30)28-12-14-6-7-15(31-4)11-19(14)32-5/h6-11,20,29H,12-13H2,1-2,4-5H3,(H,28,30). The second-order valence-electron chi connectivity index (χ2n) is 7.83. The predicted molar refractivity (Wildman–Crippen MR) is 114 cm³/mol. The SMILES string of the molecule is [C-]#[N+]c1ccc(OC(C(=O)NCc2ccc(OC)cc2OC)C(C)(C)CO)cc1C(F)(F)F. The molecule has 2 rings (SSSR count). The first-order valence-electron chi connectivity index (χ1n) is 9.81. The average molecular weight is 466 g/mol. The number of nitrogens with zero attached hydrogens (tertiary/aromatic N) is 1. The maximum atomic E-state index is 13.3. The van der Waals surface area contributed by atoms with Crippen LogP contribution in [0.2, 0.25) is 0 Å². The lowest BCUT2D eigenvalue weighted by atomic mass is 9.86. The number of nitrogens with one attached hydrogen (secondary N) is 1. The molecule has 178 valence electrons. The van der Waals surface area contributed by atoms with Gasteiger partial charge in [-0.05, 0) is 24.3 Å². The Morgan fingerprint density at radius 1 is 1.12 bits per heavy atom. The number of aliphatic hydroxyl groups excluding tert-OH is 1. The minimum Gasteiger partial charge on any atom is -0.497 e. The fraction of sp³-hybridized carbons (Fsp3) is 0.391. The van der Waals surface area contributed by atoms with Gasteiger partial charge in [0.1, 0.15) is 17.2 Å². The Kier molecular flexibility index (Phi) is 8.17. The molecule has 0 bridgehead atoms. The number of rotatable bonds is 9. The molecule has 33 heavy (non-hydrogen) atoms. The summed E-state index contributed by atoms with van der Waals surface area (Å²) in [5, 5.41) is 12.4. The summed E-state index contributed by atoms with van der Waals surface area (Å²) in [6.45, 7) is 9.60. The molecule has 0 spiro atoms. The maximum absolute atomic E-state index is 13.3. The highest BCUT2D eigenvalue weighted by Gasteiger charge is 2.38. The third kappa shape index (κ3) is 6.29. The van der Waals surface area contributed by atoms with Crippen molar-refractivity contribution in [2.75, 3.05) is 20.8 Å². The first kappa shape index (κ1) is 25.8. The van der Waals surface area contributed by atoms with Crippen molar-refractivity contribution in [2.45, 2.75) is 32.7 Å². The molecule has 7 nitrogen and oxygen atoms in total. The van der Waals surface area contributed by atoms with Crippen LogP contribution in [0.1, 0.15) is 25.0 Å². The molecule has 1 atom stereocenters. The lowest BCUT2D eigenvalue weighted by Gasteiger charge is -2.32. The van der Waals surface area contributed by atoms with Gasteiger partial charge in [0.15, 0.2) is 11.8 Å². The summed E-state index contributed by atoms with van der Waals surface area (Å²) in [6, 6.07) is 7.87. The lowest BCUT2D eigenvalue weighted by molar-refractivity contribution is -0.137. The van der Waals surface area contributed by atoms with E-state index in [2.05, 4.69) is 10.2 Å². The van der Waals surface area contributed by atoms with E-state index in [0.717, 1.165) is 6.07 Å². The van der Waals surface area contributed by atoms with Gasteiger partial charge in [-0.1, -0.05) is 19.9 Å². The van der Waals surface area contributed by atoms with Crippen molar-refractivity contribution in [3.05, 3.63) is 58.9 Å². The monoisotopic (exact) mass is 466 g/mol. The summed E-state index contributed by atoms with van der Waals surface area (Å²) in [5.41, 5.74) is -2.25. The number of ether oxygens (including phenoxy) is 3. The van der Waals surface area contributed by atoms with E-state index in [-0.39, 0.29) is 12.3 Å². The van der Waals surface area contributed by atoms with Crippen molar-refractivity contribution in [1.82, 2.24) is 5.32 Å². The third-order valence-electron chi connectivity index (χ3n) is 4.95. The molecular formula is C23H25F3N2O5. The van der Waals surface area contributed by atoms with Crippen LogP contribution in [-0.2, 0) is 17.5 Å². The smallest absolute Gasteiger partial charge is 0.407 e. The van der Waals surface area contributed by atoms with Crippen LogP contribution in [0.15, 0.2) is 36.4 Å². The number of carbonyl (C=O) groups excluding carboxylic acids is 1. The first-order valence-corrected chi connectivity index (χ1v) is 9.81. The van der Waals surface area contributed by atoms with Crippen LogP contribution in [0.3, 0.4) is 0 Å². The van der Waals surface area contributed by atoms with E-state index in [9.17, 15) is 23.1 Å². The van der Waals surface area contributed by atoms with Gasteiger partial charge in [-0.25, -0.2) is 4.85 Å².